The van der Waals surface area contributed by atoms with Gasteiger partial charge in [-0.3, -0.25) is 4.21 Å². The molecule has 102 valence electrons. The molecule has 0 heterocycles. The summed E-state index contributed by atoms with van der Waals surface area (Å²) < 4.78 is 16.5. The zero-order valence-electron chi connectivity index (χ0n) is 11.4. The lowest BCUT2D eigenvalue weighted by Crippen LogP contribution is -2.28. The van der Waals surface area contributed by atoms with Gasteiger partial charge in [-0.05, 0) is 18.5 Å². The average molecular weight is 269 g/mol. The summed E-state index contributed by atoms with van der Waals surface area (Å²) in [6, 6.07) is 10.5. The Morgan fingerprint density at radius 2 is 2.00 bits per heavy atom. The van der Waals surface area contributed by atoms with Crippen molar-refractivity contribution < 1.29 is 8.95 Å². The van der Waals surface area contributed by atoms with Crippen molar-refractivity contribution in [2.75, 3.05) is 26.5 Å². The first-order chi connectivity index (χ1) is 8.65. The number of hydrogen-bond donors (Lipinski definition) is 1. The number of hydrogen-bond acceptors (Lipinski definition) is 3. The van der Waals surface area contributed by atoms with Crippen LogP contribution in [-0.2, 0) is 15.5 Å². The zero-order chi connectivity index (χ0) is 13.4. The molecule has 1 aromatic rings. The van der Waals surface area contributed by atoms with Gasteiger partial charge in [-0.2, -0.15) is 0 Å². The van der Waals surface area contributed by atoms with Crippen LogP contribution >= 0.6 is 0 Å². The molecule has 0 bridgehead atoms. The zero-order valence-corrected chi connectivity index (χ0v) is 12.2. The lowest BCUT2D eigenvalue weighted by atomic mass is 10.1. The van der Waals surface area contributed by atoms with Crippen LogP contribution in [-0.4, -0.2) is 36.0 Å². The van der Waals surface area contributed by atoms with Crippen LogP contribution in [0.5, 0.6) is 0 Å². The van der Waals surface area contributed by atoms with Gasteiger partial charge in [0.1, 0.15) is 0 Å². The van der Waals surface area contributed by atoms with E-state index in [9.17, 15) is 4.21 Å². The lowest BCUT2D eigenvalue weighted by molar-refractivity contribution is 0.167. The van der Waals surface area contributed by atoms with Crippen molar-refractivity contribution in [2.24, 2.45) is 0 Å². The molecule has 18 heavy (non-hydrogen) atoms. The van der Waals surface area contributed by atoms with E-state index in [1.807, 2.05) is 25.1 Å². The summed E-state index contributed by atoms with van der Waals surface area (Å²) in [6.07, 6.45) is 2.67. The third kappa shape index (κ3) is 5.29. The highest BCUT2D eigenvalue weighted by Gasteiger charge is 2.11. The molecule has 0 radical (unpaired) electrons. The monoisotopic (exact) mass is 269 g/mol. The Morgan fingerprint density at radius 3 is 2.56 bits per heavy atom. The van der Waals surface area contributed by atoms with Crippen molar-refractivity contribution >= 4 is 10.8 Å². The lowest BCUT2D eigenvalue weighted by Gasteiger charge is -2.19. The SMILES string of the molecule is COCC(NCCC(C)S(C)=O)c1ccccc1. The van der Waals surface area contributed by atoms with Gasteiger partial charge in [-0.25, -0.2) is 0 Å². The number of rotatable bonds is 8. The van der Waals surface area contributed by atoms with Crippen LogP contribution in [0, 0.1) is 0 Å². The molecule has 3 nitrogen and oxygen atoms in total. The van der Waals surface area contributed by atoms with Crippen LogP contribution in [0.2, 0.25) is 0 Å². The van der Waals surface area contributed by atoms with Gasteiger partial charge in [-0.15, -0.1) is 0 Å². The maximum absolute atomic E-state index is 11.3. The first kappa shape index (κ1) is 15.3. The predicted molar refractivity (Wildman–Crippen MR) is 77.2 cm³/mol. The van der Waals surface area contributed by atoms with Crippen LogP contribution in [0.1, 0.15) is 24.9 Å². The minimum Gasteiger partial charge on any atom is -0.383 e. The van der Waals surface area contributed by atoms with Crippen LogP contribution < -0.4 is 5.32 Å². The molecule has 0 saturated heterocycles. The second-order valence-corrected chi connectivity index (χ2v) is 6.27. The van der Waals surface area contributed by atoms with Crippen molar-refractivity contribution in [2.45, 2.75) is 24.6 Å². The van der Waals surface area contributed by atoms with E-state index in [0.717, 1.165) is 13.0 Å². The van der Waals surface area contributed by atoms with Crippen LogP contribution in [0.3, 0.4) is 0 Å². The van der Waals surface area contributed by atoms with Crippen molar-refractivity contribution in [3.63, 3.8) is 0 Å². The summed E-state index contributed by atoms with van der Waals surface area (Å²) in [5.41, 5.74) is 1.23. The van der Waals surface area contributed by atoms with E-state index in [-0.39, 0.29) is 11.3 Å². The standard InChI is InChI=1S/C14H23NO2S/c1-12(18(3)16)9-10-15-14(11-17-2)13-7-5-4-6-8-13/h4-8,12,14-15H,9-11H2,1-3H3. The number of nitrogens with one attached hydrogen (secondary N) is 1. The fraction of sp³-hybridized carbons (Fsp3) is 0.571. The second kappa shape index (κ2) is 8.40. The summed E-state index contributed by atoms with van der Waals surface area (Å²) in [4.78, 5) is 0. The van der Waals surface area contributed by atoms with Gasteiger partial charge < -0.3 is 10.1 Å². The molecule has 0 aliphatic carbocycles. The normalized spacial score (nSPS) is 16.2. The number of ether oxygens (including phenoxy) is 1. The van der Waals surface area contributed by atoms with Crippen LogP contribution in [0.25, 0.3) is 0 Å². The molecule has 0 amide bonds. The molecule has 1 rings (SSSR count). The molecule has 0 aliphatic heterocycles. The first-order valence-corrected chi connectivity index (χ1v) is 7.86. The Kier molecular flexibility index (Phi) is 7.16. The van der Waals surface area contributed by atoms with E-state index < -0.39 is 10.8 Å². The minimum atomic E-state index is -0.745. The summed E-state index contributed by atoms with van der Waals surface area (Å²) >= 11 is 0. The smallest absolute Gasteiger partial charge is 0.0657 e. The molecule has 4 heteroatoms. The molecule has 0 aliphatic rings. The number of benzene rings is 1. The topological polar surface area (TPSA) is 38.3 Å². The maximum atomic E-state index is 11.3. The van der Waals surface area contributed by atoms with E-state index in [2.05, 4.69) is 17.4 Å². The Labute approximate surface area is 112 Å². The molecule has 1 aromatic carbocycles. The molecule has 3 atom stereocenters. The summed E-state index contributed by atoms with van der Waals surface area (Å²) in [5.74, 6) is 0. The number of methoxy groups -OCH3 is 1. The van der Waals surface area contributed by atoms with E-state index in [1.54, 1.807) is 13.4 Å². The molecule has 0 fully saturated rings. The third-order valence-electron chi connectivity index (χ3n) is 3.04. The highest BCUT2D eigenvalue weighted by atomic mass is 32.2. The predicted octanol–water partition coefficient (Wildman–Crippen LogP) is 2.12. The average Bonchev–Trinajstić information content (AvgIpc) is 2.38. The fourth-order valence-corrected chi connectivity index (χ4v) is 2.20. The third-order valence-corrected chi connectivity index (χ3v) is 4.41. The first-order valence-electron chi connectivity index (χ1n) is 6.24. The van der Waals surface area contributed by atoms with Crippen molar-refractivity contribution in [3.8, 4) is 0 Å². The maximum Gasteiger partial charge on any atom is 0.0657 e. The van der Waals surface area contributed by atoms with Gasteiger partial charge in [-0.1, -0.05) is 37.3 Å². The Morgan fingerprint density at radius 1 is 1.33 bits per heavy atom. The van der Waals surface area contributed by atoms with Gasteiger partial charge in [0, 0.05) is 29.4 Å². The molecule has 1 N–H and O–H groups in total. The summed E-state index contributed by atoms with van der Waals surface area (Å²) in [6.45, 7) is 3.52. The Balaban J connectivity index is 2.47. The second-order valence-electron chi connectivity index (χ2n) is 4.47. The molecule has 0 aromatic heterocycles. The van der Waals surface area contributed by atoms with Crippen molar-refractivity contribution in [3.05, 3.63) is 35.9 Å². The highest BCUT2D eigenvalue weighted by Crippen LogP contribution is 2.13. The van der Waals surface area contributed by atoms with Gasteiger partial charge in [0.2, 0.25) is 0 Å². The molecule has 3 unspecified atom stereocenters. The largest absolute Gasteiger partial charge is 0.383 e. The van der Waals surface area contributed by atoms with Crippen LogP contribution in [0.15, 0.2) is 30.3 Å². The molecule has 0 saturated carbocycles. The summed E-state index contributed by atoms with van der Waals surface area (Å²) in [7, 11) is 0.965. The minimum absolute atomic E-state index is 0.202. The van der Waals surface area contributed by atoms with Crippen molar-refractivity contribution in [1.29, 1.82) is 0 Å². The molecule has 0 spiro atoms. The molecular formula is C14H23NO2S. The van der Waals surface area contributed by atoms with Gasteiger partial charge >= 0.3 is 0 Å². The van der Waals surface area contributed by atoms with E-state index >= 15 is 0 Å². The quantitative estimate of drug-likeness (QED) is 0.785. The fourth-order valence-electron chi connectivity index (χ4n) is 1.75. The highest BCUT2D eigenvalue weighted by molar-refractivity contribution is 7.84. The van der Waals surface area contributed by atoms with E-state index in [4.69, 9.17) is 4.74 Å². The molecular weight excluding hydrogens is 246 g/mol. The Bertz CT molecular complexity index is 356. The van der Waals surface area contributed by atoms with Gasteiger partial charge in [0.15, 0.2) is 0 Å². The van der Waals surface area contributed by atoms with Crippen molar-refractivity contribution in [1.82, 2.24) is 5.32 Å². The van der Waals surface area contributed by atoms with Gasteiger partial charge in [0.25, 0.3) is 0 Å². The van der Waals surface area contributed by atoms with Gasteiger partial charge in [0.05, 0.1) is 12.6 Å². The van der Waals surface area contributed by atoms with E-state index in [1.165, 1.54) is 5.56 Å². The van der Waals surface area contributed by atoms with Crippen LogP contribution in [0.4, 0.5) is 0 Å². The summed E-state index contributed by atoms with van der Waals surface area (Å²) in [5, 5.41) is 3.70. The van der Waals surface area contributed by atoms with E-state index in [0.29, 0.717) is 6.61 Å². The Hall–Kier alpha value is -0.710.